The van der Waals surface area contributed by atoms with Crippen molar-refractivity contribution in [3.63, 3.8) is 0 Å². The molecule has 0 amide bonds. The van der Waals surface area contributed by atoms with E-state index in [4.69, 9.17) is 4.25 Å². The molecule has 0 aromatic rings. The van der Waals surface area contributed by atoms with Crippen molar-refractivity contribution in [2.45, 2.75) is 6.42 Å². The van der Waals surface area contributed by atoms with Gasteiger partial charge in [-0.3, -0.25) is 4.56 Å². The highest BCUT2D eigenvalue weighted by Gasteiger charge is 2.00. The van der Waals surface area contributed by atoms with Crippen LogP contribution in [0.1, 0.15) is 6.42 Å². The van der Waals surface area contributed by atoms with Gasteiger partial charge in [-0.15, -0.1) is 0 Å². The maximum absolute atomic E-state index is 10.4. The molecule has 0 unspecified atom stereocenters. The van der Waals surface area contributed by atoms with Crippen LogP contribution in [0.4, 0.5) is 0 Å². The summed E-state index contributed by atoms with van der Waals surface area (Å²) in [4.78, 5) is 0. The van der Waals surface area contributed by atoms with Crippen LogP contribution in [0.5, 0.6) is 0 Å². The molecule has 0 heterocycles. The minimum absolute atomic E-state index is 0.0165. The van der Waals surface area contributed by atoms with Gasteiger partial charge in [-0.1, -0.05) is 0 Å². The summed E-state index contributed by atoms with van der Waals surface area (Å²) in [7, 11) is -3.74. The van der Waals surface area contributed by atoms with Gasteiger partial charge >= 0.3 is 0 Å². The lowest BCUT2D eigenvalue weighted by Gasteiger charge is -1.90. The minimum atomic E-state index is -3.74. The number of nitrogens with two attached hydrogens (primary N) is 1. The molecule has 0 atom stereocenters. The van der Waals surface area contributed by atoms with Gasteiger partial charge in [0.2, 0.25) is 1.43 Å². The first-order chi connectivity index (χ1) is 4.98. The van der Waals surface area contributed by atoms with Crippen LogP contribution >= 0.6 is 0 Å². The van der Waals surface area contributed by atoms with Gasteiger partial charge in [0.05, 0.1) is 5.75 Å². The maximum Gasteiger partial charge on any atom is 0.264 e. The minimum Gasteiger partial charge on any atom is -0.330 e. The Labute approximate surface area is 52.9 Å². The van der Waals surface area contributed by atoms with E-state index in [1.807, 2.05) is 0 Å². The number of hydrogen-bond donors (Lipinski definition) is 2. The summed E-state index contributed by atoms with van der Waals surface area (Å²) in [6.45, 7) is 0.0165. The predicted octanol–water partition coefficient (Wildman–Crippen LogP) is -0.777. The molecule has 5 heteroatoms. The van der Waals surface area contributed by atoms with E-state index in [9.17, 15) is 8.42 Å². The number of hydrogen-bond acceptors (Lipinski definition) is 4. The third-order valence-corrected chi connectivity index (χ3v) is 1.34. The second-order valence-corrected chi connectivity index (χ2v) is 2.86. The monoisotopic (exact) mass is 142 g/mol. The molecule has 0 aromatic heterocycles. The van der Waals surface area contributed by atoms with Crippen molar-refractivity contribution in [3.05, 3.63) is 0 Å². The topological polar surface area (TPSA) is 80.4 Å². The fourth-order valence-electron chi connectivity index (χ4n) is 0.241. The van der Waals surface area contributed by atoms with Gasteiger partial charge in [-0.25, -0.2) is 0 Å². The SMILES string of the molecule is [2H]OS(=O)(=O)CCCN([2H])[2H]. The van der Waals surface area contributed by atoms with E-state index < -0.39 is 10.1 Å². The molecule has 0 saturated carbocycles. The van der Waals surface area contributed by atoms with Crippen LogP contribution in [-0.2, 0) is 10.1 Å². The summed E-state index contributed by atoms with van der Waals surface area (Å²) >= 11 is 0. The van der Waals surface area contributed by atoms with Crippen molar-refractivity contribution < 1.29 is 15.8 Å². The lowest BCUT2D eigenvalue weighted by Crippen LogP contribution is -2.09. The van der Waals surface area contributed by atoms with E-state index >= 15 is 0 Å². The lowest BCUT2D eigenvalue weighted by atomic mass is 10.5. The molecule has 0 bridgehead atoms. The molecule has 0 fully saturated rings. The van der Waals surface area contributed by atoms with Crippen LogP contribution in [0.15, 0.2) is 0 Å². The van der Waals surface area contributed by atoms with E-state index in [1.165, 1.54) is 0 Å². The molecule has 8 heavy (non-hydrogen) atoms. The van der Waals surface area contributed by atoms with Crippen molar-refractivity contribution >= 4 is 10.1 Å². The Hall–Kier alpha value is -0.130. The predicted molar refractivity (Wildman–Crippen MR) is 30.1 cm³/mol. The Balaban J connectivity index is 3.55. The van der Waals surface area contributed by atoms with Gasteiger partial charge in [0.15, 0.2) is 0 Å². The van der Waals surface area contributed by atoms with Crippen LogP contribution in [0.25, 0.3) is 1.43 Å². The molecule has 4 nitrogen and oxygen atoms in total. The van der Waals surface area contributed by atoms with E-state index in [2.05, 4.69) is 4.56 Å². The molecule has 0 rings (SSSR count). The Bertz CT molecular complexity index is 192. The van der Waals surface area contributed by atoms with E-state index in [-0.39, 0.29) is 18.7 Å². The second-order valence-electron chi connectivity index (χ2n) is 1.34. The molecule has 0 aliphatic heterocycles. The molecular weight excluding hydrogens is 130 g/mol. The average Bonchev–Trinajstić information content (AvgIpc) is 1.87. The summed E-state index contributed by atoms with van der Waals surface area (Å²) in [6.07, 6.45) is 0.119. The molecule has 0 spiro atoms. The van der Waals surface area contributed by atoms with Crippen LogP contribution in [0.3, 0.4) is 0 Å². The van der Waals surface area contributed by atoms with Gasteiger partial charge in [-0.05, 0) is 13.0 Å². The normalized spacial score (nSPS) is 17.4. The summed E-state index contributed by atoms with van der Waals surface area (Å²) in [5, 5.41) is 0. The number of rotatable bonds is 5. The van der Waals surface area contributed by atoms with Gasteiger partial charge in [-0.2, -0.15) is 8.42 Å². The summed E-state index contributed by atoms with van der Waals surface area (Å²) in [6, 6.07) is 0. The zero-order valence-electron chi connectivity index (χ0n) is 7.20. The first kappa shape index (κ1) is 3.81. The van der Waals surface area contributed by atoms with Crippen molar-refractivity contribution in [2.24, 2.45) is 5.72 Å². The fourth-order valence-corrected chi connectivity index (χ4v) is 0.724. The van der Waals surface area contributed by atoms with Gasteiger partial charge in [0.1, 0.15) is 2.82 Å². The quantitative estimate of drug-likeness (QED) is 0.493. The van der Waals surface area contributed by atoms with Gasteiger partial charge in [0.25, 0.3) is 10.1 Å². The zero-order chi connectivity index (χ0) is 8.91. The molecule has 50 valence electrons. The Morgan fingerprint density at radius 2 is 2.62 bits per heavy atom. The standard InChI is InChI=1S/C3H9NO3S/c4-2-1-3-8(5,6)7/h1-4H2,(H,5,6,7)/i/hD3. The smallest absolute Gasteiger partial charge is 0.264 e. The van der Waals surface area contributed by atoms with Crippen molar-refractivity contribution in [3.8, 4) is 0 Å². The van der Waals surface area contributed by atoms with Crippen LogP contribution in [-0.4, -0.2) is 25.3 Å². The summed E-state index contributed by atoms with van der Waals surface area (Å²) in [5.74, 6) is -0.329. The second kappa shape index (κ2) is 3.01. The van der Waals surface area contributed by atoms with Gasteiger partial charge in [0, 0.05) is 0 Å². The van der Waals surface area contributed by atoms with Gasteiger partial charge < -0.3 is 5.72 Å². The van der Waals surface area contributed by atoms with Crippen molar-refractivity contribution in [1.29, 1.82) is 1.43 Å². The molecule has 0 saturated heterocycles. The zero-order valence-corrected chi connectivity index (χ0v) is 5.02. The molecule has 0 aliphatic rings. The third-order valence-electron chi connectivity index (χ3n) is 0.552. The highest BCUT2D eigenvalue weighted by atomic mass is 32.2. The Morgan fingerprint density at radius 3 is 3.12 bits per heavy atom. The lowest BCUT2D eigenvalue weighted by molar-refractivity contribution is 0.481. The van der Waals surface area contributed by atoms with Crippen molar-refractivity contribution in [1.82, 2.24) is 0 Å². The van der Waals surface area contributed by atoms with E-state index in [0.29, 0.717) is 5.72 Å². The molecule has 0 aromatic carbocycles. The Kier molecular flexibility index (Phi) is 1.43. The molecular formula is C3H9NO3S. The first-order valence-electron chi connectivity index (χ1n) is 3.41. The van der Waals surface area contributed by atoms with Crippen LogP contribution in [0.2, 0.25) is 2.82 Å². The van der Waals surface area contributed by atoms with Crippen LogP contribution < -0.4 is 5.72 Å². The summed E-state index contributed by atoms with van der Waals surface area (Å²) in [5.41, 5.74) is 0.374. The van der Waals surface area contributed by atoms with Crippen LogP contribution in [0, 0.1) is 0 Å². The maximum atomic E-state index is 10.4. The summed E-state index contributed by atoms with van der Waals surface area (Å²) < 4.78 is 43.5. The Morgan fingerprint density at radius 1 is 1.88 bits per heavy atom. The fraction of sp³-hybridized carbons (Fsp3) is 1.00. The van der Waals surface area contributed by atoms with E-state index in [1.54, 1.807) is 0 Å². The highest BCUT2D eigenvalue weighted by molar-refractivity contribution is 7.85. The largest absolute Gasteiger partial charge is 0.330 e. The molecule has 0 aliphatic carbocycles. The van der Waals surface area contributed by atoms with Crippen molar-refractivity contribution in [2.75, 3.05) is 12.3 Å². The third kappa shape index (κ3) is 5.87. The van der Waals surface area contributed by atoms with E-state index in [0.717, 1.165) is 0 Å². The average molecular weight is 142 g/mol. The highest BCUT2D eigenvalue weighted by Crippen LogP contribution is 1.83. The molecule has 3 N–H and O–H groups in total. The molecule has 0 radical (unpaired) electrons. The first-order valence-corrected chi connectivity index (χ1v) is 3.68.